The first-order chi connectivity index (χ1) is 7.74. The fourth-order valence-electron chi connectivity index (χ4n) is 1.98. The molecule has 1 aliphatic heterocycles. The average molecular weight is 219 g/mol. The summed E-state index contributed by atoms with van der Waals surface area (Å²) in [5.41, 5.74) is 6.38. The van der Waals surface area contributed by atoms with Crippen LogP contribution in [-0.4, -0.2) is 24.5 Å². The Hall–Kier alpha value is -1.44. The van der Waals surface area contributed by atoms with Crippen molar-refractivity contribution in [3.05, 3.63) is 35.6 Å². The largest absolute Gasteiger partial charge is 0.330 e. The van der Waals surface area contributed by atoms with Gasteiger partial charge in [0.2, 0.25) is 0 Å². The Bertz CT molecular complexity index is 390. The summed E-state index contributed by atoms with van der Waals surface area (Å²) in [5, 5.41) is 9.13. The molecule has 16 heavy (non-hydrogen) atoms. The third kappa shape index (κ3) is 2.06. The van der Waals surface area contributed by atoms with Crippen LogP contribution >= 0.6 is 0 Å². The maximum atomic E-state index is 12.8. The van der Waals surface area contributed by atoms with Gasteiger partial charge in [0, 0.05) is 13.1 Å². The summed E-state index contributed by atoms with van der Waals surface area (Å²) >= 11 is 0. The first-order valence-corrected chi connectivity index (χ1v) is 5.33. The highest BCUT2D eigenvalue weighted by Gasteiger charge is 2.32. The standard InChI is InChI=1S/C12H14FN3/c13-11-3-1-10(2-4-11)12(6-15)16-7-9(5-14)8-16/h1-4,9,12H,5,7-8,14H2. The highest BCUT2D eigenvalue weighted by molar-refractivity contribution is 5.25. The predicted molar refractivity (Wildman–Crippen MR) is 58.9 cm³/mol. The Morgan fingerprint density at radius 1 is 1.44 bits per heavy atom. The molecule has 1 fully saturated rings. The van der Waals surface area contributed by atoms with E-state index in [-0.39, 0.29) is 11.9 Å². The van der Waals surface area contributed by atoms with Gasteiger partial charge in [-0.1, -0.05) is 12.1 Å². The van der Waals surface area contributed by atoms with Crippen LogP contribution in [0.5, 0.6) is 0 Å². The van der Waals surface area contributed by atoms with Crippen molar-refractivity contribution in [2.75, 3.05) is 19.6 Å². The van der Waals surface area contributed by atoms with Crippen LogP contribution in [0.3, 0.4) is 0 Å². The van der Waals surface area contributed by atoms with Gasteiger partial charge in [-0.2, -0.15) is 5.26 Å². The van der Waals surface area contributed by atoms with E-state index in [2.05, 4.69) is 11.0 Å². The number of halogens is 1. The van der Waals surface area contributed by atoms with Gasteiger partial charge >= 0.3 is 0 Å². The molecule has 1 atom stereocenters. The normalized spacial score (nSPS) is 18.8. The quantitative estimate of drug-likeness (QED) is 0.833. The molecule has 84 valence electrons. The van der Waals surface area contributed by atoms with E-state index in [0.29, 0.717) is 12.5 Å². The molecular weight excluding hydrogens is 205 g/mol. The van der Waals surface area contributed by atoms with Gasteiger partial charge in [0.1, 0.15) is 11.9 Å². The Balaban J connectivity index is 2.07. The van der Waals surface area contributed by atoms with Crippen molar-refractivity contribution in [2.24, 2.45) is 11.7 Å². The highest BCUT2D eigenvalue weighted by Crippen LogP contribution is 2.27. The number of nitriles is 1. The van der Waals surface area contributed by atoms with Crippen LogP contribution in [0.1, 0.15) is 11.6 Å². The molecule has 1 heterocycles. The van der Waals surface area contributed by atoms with Crippen LogP contribution in [0, 0.1) is 23.1 Å². The number of rotatable bonds is 3. The van der Waals surface area contributed by atoms with E-state index in [4.69, 9.17) is 11.0 Å². The van der Waals surface area contributed by atoms with Crippen molar-refractivity contribution in [3.63, 3.8) is 0 Å². The molecule has 2 rings (SSSR count). The van der Waals surface area contributed by atoms with Crippen LogP contribution in [0.4, 0.5) is 4.39 Å². The van der Waals surface area contributed by atoms with Crippen LogP contribution in [0.15, 0.2) is 24.3 Å². The number of hydrogen-bond donors (Lipinski definition) is 1. The van der Waals surface area contributed by atoms with E-state index >= 15 is 0 Å². The molecule has 0 spiro atoms. The van der Waals surface area contributed by atoms with E-state index in [9.17, 15) is 4.39 Å². The molecule has 0 amide bonds. The zero-order chi connectivity index (χ0) is 11.5. The summed E-state index contributed by atoms with van der Waals surface area (Å²) in [5.74, 6) is 0.222. The molecule has 0 saturated carbocycles. The molecule has 1 aromatic carbocycles. The van der Waals surface area contributed by atoms with E-state index in [0.717, 1.165) is 18.7 Å². The van der Waals surface area contributed by atoms with Gasteiger partial charge in [-0.25, -0.2) is 4.39 Å². The average Bonchev–Trinajstić information content (AvgIpc) is 2.24. The molecule has 0 aliphatic carbocycles. The van der Waals surface area contributed by atoms with Crippen molar-refractivity contribution < 1.29 is 4.39 Å². The molecule has 3 nitrogen and oxygen atoms in total. The SMILES string of the molecule is N#CC(c1ccc(F)cc1)N1CC(CN)C1. The zero-order valence-electron chi connectivity index (χ0n) is 8.94. The minimum atomic E-state index is -0.275. The first kappa shape index (κ1) is 11.1. The van der Waals surface area contributed by atoms with Crippen LogP contribution in [-0.2, 0) is 0 Å². The number of likely N-dealkylation sites (tertiary alicyclic amines) is 1. The maximum Gasteiger partial charge on any atom is 0.123 e. The second kappa shape index (κ2) is 4.60. The lowest BCUT2D eigenvalue weighted by Gasteiger charge is -2.41. The second-order valence-electron chi connectivity index (χ2n) is 4.14. The summed E-state index contributed by atoms with van der Waals surface area (Å²) in [6, 6.07) is 8.08. The van der Waals surface area contributed by atoms with Crippen molar-refractivity contribution in [3.8, 4) is 6.07 Å². The van der Waals surface area contributed by atoms with E-state index in [1.807, 2.05) is 0 Å². The molecule has 0 radical (unpaired) electrons. The molecule has 1 aromatic rings. The smallest absolute Gasteiger partial charge is 0.123 e. The van der Waals surface area contributed by atoms with E-state index < -0.39 is 0 Å². The van der Waals surface area contributed by atoms with Crippen molar-refractivity contribution in [2.45, 2.75) is 6.04 Å². The van der Waals surface area contributed by atoms with Crippen LogP contribution in [0.25, 0.3) is 0 Å². The minimum absolute atomic E-state index is 0.274. The van der Waals surface area contributed by atoms with Crippen molar-refractivity contribution >= 4 is 0 Å². The van der Waals surface area contributed by atoms with Gasteiger partial charge in [-0.3, -0.25) is 4.90 Å². The molecule has 0 bridgehead atoms. The number of benzene rings is 1. The molecule has 1 aliphatic rings. The molecular formula is C12H14FN3. The lowest BCUT2D eigenvalue weighted by atomic mass is 9.95. The maximum absolute atomic E-state index is 12.8. The number of nitrogens with two attached hydrogens (primary N) is 1. The molecule has 0 aromatic heterocycles. The molecule has 1 unspecified atom stereocenters. The summed E-state index contributed by atoms with van der Waals surface area (Å²) in [7, 11) is 0. The van der Waals surface area contributed by atoms with E-state index in [1.54, 1.807) is 12.1 Å². The van der Waals surface area contributed by atoms with Gasteiger partial charge in [0.15, 0.2) is 0 Å². The van der Waals surface area contributed by atoms with Crippen molar-refractivity contribution in [1.82, 2.24) is 4.90 Å². The predicted octanol–water partition coefficient (Wildman–Crippen LogP) is 1.28. The zero-order valence-corrected chi connectivity index (χ0v) is 8.94. The van der Waals surface area contributed by atoms with Gasteiger partial charge in [-0.05, 0) is 30.2 Å². The number of hydrogen-bond acceptors (Lipinski definition) is 3. The lowest BCUT2D eigenvalue weighted by molar-refractivity contribution is 0.0798. The molecule has 4 heteroatoms. The Kier molecular flexibility index (Phi) is 3.18. The summed E-state index contributed by atoms with van der Waals surface area (Å²) in [4.78, 5) is 2.06. The fraction of sp³-hybridized carbons (Fsp3) is 0.417. The third-order valence-corrected chi connectivity index (χ3v) is 2.99. The minimum Gasteiger partial charge on any atom is -0.330 e. The fourth-order valence-corrected chi connectivity index (χ4v) is 1.98. The summed E-state index contributed by atoms with van der Waals surface area (Å²) in [6.07, 6.45) is 0. The number of nitrogens with zero attached hydrogens (tertiary/aromatic N) is 2. The van der Waals surface area contributed by atoms with E-state index in [1.165, 1.54) is 12.1 Å². The highest BCUT2D eigenvalue weighted by atomic mass is 19.1. The van der Waals surface area contributed by atoms with Gasteiger partial charge in [-0.15, -0.1) is 0 Å². The Morgan fingerprint density at radius 3 is 2.56 bits per heavy atom. The lowest BCUT2D eigenvalue weighted by Crippen LogP contribution is -2.50. The van der Waals surface area contributed by atoms with Crippen LogP contribution in [0.2, 0.25) is 0 Å². The third-order valence-electron chi connectivity index (χ3n) is 2.99. The first-order valence-electron chi connectivity index (χ1n) is 5.33. The van der Waals surface area contributed by atoms with Gasteiger partial charge in [0.05, 0.1) is 6.07 Å². The monoisotopic (exact) mass is 219 g/mol. The molecule has 1 saturated heterocycles. The topological polar surface area (TPSA) is 53.0 Å². The van der Waals surface area contributed by atoms with Gasteiger partial charge in [0.25, 0.3) is 0 Å². The summed E-state index contributed by atoms with van der Waals surface area (Å²) < 4.78 is 12.8. The van der Waals surface area contributed by atoms with Crippen LogP contribution < -0.4 is 5.73 Å². The second-order valence-corrected chi connectivity index (χ2v) is 4.14. The molecule has 2 N–H and O–H groups in total. The Morgan fingerprint density at radius 2 is 2.06 bits per heavy atom. The van der Waals surface area contributed by atoms with Crippen molar-refractivity contribution in [1.29, 1.82) is 5.26 Å². The Labute approximate surface area is 94.3 Å². The van der Waals surface area contributed by atoms with Gasteiger partial charge < -0.3 is 5.73 Å². The summed E-state index contributed by atoms with van der Waals surface area (Å²) in [6.45, 7) is 2.37.